The van der Waals surface area contributed by atoms with Crippen molar-refractivity contribution in [2.24, 2.45) is 5.73 Å². The number of nitrogens with zero attached hydrogens (tertiary/aromatic N) is 2. The third-order valence-electron chi connectivity index (χ3n) is 6.35. The number of hydrogen-bond donors (Lipinski definition) is 4. The second-order valence-corrected chi connectivity index (χ2v) is 8.61. The number of nitrogens with one attached hydrogen (secondary N) is 1. The zero-order valence-corrected chi connectivity index (χ0v) is 20.0. The fourth-order valence-corrected chi connectivity index (χ4v) is 4.59. The number of rotatable bonds is 7. The molecule has 0 aliphatic rings. The van der Waals surface area contributed by atoms with E-state index in [1.165, 1.54) is 0 Å². The first-order valence-electron chi connectivity index (χ1n) is 11.5. The molecule has 2 amide bonds. The van der Waals surface area contributed by atoms with Gasteiger partial charge in [0.05, 0.1) is 13.2 Å². The van der Waals surface area contributed by atoms with Crippen LogP contribution < -0.4 is 21.5 Å². The van der Waals surface area contributed by atoms with Gasteiger partial charge in [-0.05, 0) is 59.5 Å². The molecule has 2 unspecified atom stereocenters. The maximum Gasteiger partial charge on any atom is 0.265 e. The Balaban J connectivity index is 1.59. The normalized spacial score (nSPS) is 12.8. The number of aliphatic hydroxyl groups is 1. The van der Waals surface area contributed by atoms with Crippen molar-refractivity contribution in [1.29, 1.82) is 0 Å². The molecule has 0 fully saturated rings. The van der Waals surface area contributed by atoms with Crippen molar-refractivity contribution < 1.29 is 19.4 Å². The van der Waals surface area contributed by atoms with E-state index in [1.54, 1.807) is 90.7 Å². The Kier molecular flexibility index (Phi) is 6.21. The van der Waals surface area contributed by atoms with Crippen molar-refractivity contribution in [1.82, 2.24) is 9.55 Å². The summed E-state index contributed by atoms with van der Waals surface area (Å²) < 4.78 is 6.92. The van der Waals surface area contributed by atoms with Crippen LogP contribution >= 0.6 is 0 Å². The van der Waals surface area contributed by atoms with E-state index in [9.17, 15) is 14.7 Å². The first kappa shape index (κ1) is 23.8. The molecule has 0 radical (unpaired) electrons. The summed E-state index contributed by atoms with van der Waals surface area (Å²) in [6.07, 6.45) is 0.0116. The van der Waals surface area contributed by atoms with Crippen molar-refractivity contribution >= 4 is 45.0 Å². The lowest BCUT2D eigenvalue weighted by atomic mass is 9.99. The van der Waals surface area contributed by atoms with E-state index in [4.69, 9.17) is 16.2 Å². The smallest absolute Gasteiger partial charge is 0.265 e. The van der Waals surface area contributed by atoms with Crippen LogP contribution in [-0.2, 0) is 4.79 Å². The molecule has 37 heavy (non-hydrogen) atoms. The Labute approximate surface area is 212 Å². The minimum Gasteiger partial charge on any atom is -0.497 e. The van der Waals surface area contributed by atoms with E-state index in [2.05, 4.69) is 10.3 Å². The number of fused-ring (bicyclic) bond motifs is 2. The number of benzene rings is 3. The molecular formula is C28H25N5O4. The van der Waals surface area contributed by atoms with Gasteiger partial charge in [0.15, 0.2) is 6.10 Å². The van der Waals surface area contributed by atoms with Gasteiger partial charge < -0.3 is 31.2 Å². The summed E-state index contributed by atoms with van der Waals surface area (Å²) in [5.41, 5.74) is 13.5. The van der Waals surface area contributed by atoms with Crippen LogP contribution in [0.1, 0.15) is 22.1 Å². The quantitative estimate of drug-likeness (QED) is 0.272. The fourth-order valence-electron chi connectivity index (χ4n) is 4.59. The molecule has 0 bridgehead atoms. The fraction of sp³-hybridized carbons (Fsp3) is 0.107. The van der Waals surface area contributed by atoms with Gasteiger partial charge >= 0.3 is 0 Å². The molecule has 0 saturated carbocycles. The summed E-state index contributed by atoms with van der Waals surface area (Å²) in [5.74, 6) is -0.359. The number of primary amides is 1. The third-order valence-corrected chi connectivity index (χ3v) is 6.35. The van der Waals surface area contributed by atoms with Crippen LogP contribution in [0.3, 0.4) is 0 Å². The van der Waals surface area contributed by atoms with E-state index < -0.39 is 24.0 Å². The van der Waals surface area contributed by atoms with Crippen LogP contribution in [0.2, 0.25) is 0 Å². The molecule has 5 rings (SSSR count). The molecule has 9 nitrogen and oxygen atoms in total. The van der Waals surface area contributed by atoms with Crippen molar-refractivity contribution in [3.8, 4) is 5.75 Å². The van der Waals surface area contributed by atoms with E-state index in [0.717, 1.165) is 10.8 Å². The maximum atomic E-state index is 13.4. The molecule has 2 aromatic heterocycles. The van der Waals surface area contributed by atoms with Crippen LogP contribution in [0.15, 0.2) is 85.1 Å². The monoisotopic (exact) mass is 495 g/mol. The molecule has 5 aromatic rings. The molecule has 6 N–H and O–H groups in total. The largest absolute Gasteiger partial charge is 0.497 e. The van der Waals surface area contributed by atoms with Crippen LogP contribution in [0.4, 0.5) is 11.5 Å². The zero-order chi connectivity index (χ0) is 26.1. The molecular weight excluding hydrogens is 470 g/mol. The van der Waals surface area contributed by atoms with Gasteiger partial charge in [-0.1, -0.05) is 30.3 Å². The van der Waals surface area contributed by atoms with Crippen molar-refractivity contribution in [2.45, 2.75) is 12.1 Å². The number of nitrogens with two attached hydrogens (primary N) is 2. The SMILES string of the molecule is COc1ccc2c(c1)cc(C(N)=O)n2C(c1ccccc1)C(O)C(=O)Nc1ccc2c(N)nccc2c1. The average molecular weight is 496 g/mol. The van der Waals surface area contributed by atoms with E-state index in [1.807, 2.05) is 6.07 Å². The van der Waals surface area contributed by atoms with Crippen LogP contribution in [0.25, 0.3) is 21.7 Å². The topological polar surface area (TPSA) is 145 Å². The van der Waals surface area contributed by atoms with Crippen LogP contribution in [0, 0.1) is 0 Å². The third kappa shape index (κ3) is 4.43. The number of ether oxygens (including phenoxy) is 1. The van der Waals surface area contributed by atoms with Gasteiger partial charge in [-0.3, -0.25) is 9.59 Å². The summed E-state index contributed by atoms with van der Waals surface area (Å²) in [5, 5.41) is 16.5. The summed E-state index contributed by atoms with van der Waals surface area (Å²) in [4.78, 5) is 30.0. The lowest BCUT2D eigenvalue weighted by Gasteiger charge is -2.27. The Morgan fingerprint density at radius 1 is 1.00 bits per heavy atom. The molecule has 9 heteroatoms. The highest BCUT2D eigenvalue weighted by Crippen LogP contribution is 2.33. The first-order valence-corrected chi connectivity index (χ1v) is 11.5. The average Bonchev–Trinajstić information content (AvgIpc) is 3.28. The summed E-state index contributed by atoms with van der Waals surface area (Å²) in [6.45, 7) is 0. The highest BCUT2D eigenvalue weighted by molar-refractivity contribution is 6.01. The Hall–Kier alpha value is -4.89. The number of nitrogen functional groups attached to an aromatic ring is 1. The Morgan fingerprint density at radius 2 is 1.78 bits per heavy atom. The van der Waals surface area contributed by atoms with Crippen LogP contribution in [-0.4, -0.2) is 39.7 Å². The van der Waals surface area contributed by atoms with Gasteiger partial charge in [0.2, 0.25) is 0 Å². The minimum absolute atomic E-state index is 0.151. The Bertz CT molecular complexity index is 1630. The number of carbonyl (C=O) groups excluding carboxylic acids is 2. The lowest BCUT2D eigenvalue weighted by molar-refractivity contribution is -0.125. The number of carbonyl (C=O) groups is 2. The number of pyridine rings is 1. The molecule has 0 spiro atoms. The van der Waals surface area contributed by atoms with E-state index in [0.29, 0.717) is 33.7 Å². The van der Waals surface area contributed by atoms with E-state index in [-0.39, 0.29) is 5.69 Å². The first-order chi connectivity index (χ1) is 17.9. The van der Waals surface area contributed by atoms with Crippen LogP contribution in [0.5, 0.6) is 5.75 Å². The van der Waals surface area contributed by atoms with Gasteiger partial charge in [-0.15, -0.1) is 0 Å². The molecule has 0 saturated heterocycles. The number of aromatic nitrogens is 2. The van der Waals surface area contributed by atoms with Crippen molar-refractivity contribution in [3.05, 3.63) is 96.3 Å². The van der Waals surface area contributed by atoms with Gasteiger partial charge in [-0.25, -0.2) is 4.98 Å². The standard InChI is InChI=1S/C28H25N5O4/c1-37-20-8-10-22-18(14-20)15-23(27(30)35)33(22)24(16-5-3-2-4-6-16)25(34)28(36)32-19-7-9-21-17(13-19)11-12-31-26(21)29/h2-15,24-25,34H,1H3,(H2,29,31)(H2,30,35)(H,32,36). The molecule has 186 valence electrons. The zero-order valence-electron chi connectivity index (χ0n) is 20.0. The highest BCUT2D eigenvalue weighted by Gasteiger charge is 2.33. The number of anilines is 2. The van der Waals surface area contributed by atoms with Crippen molar-refractivity contribution in [3.63, 3.8) is 0 Å². The van der Waals surface area contributed by atoms with Gasteiger partial charge in [0.25, 0.3) is 11.8 Å². The Morgan fingerprint density at radius 3 is 2.51 bits per heavy atom. The molecule has 0 aliphatic carbocycles. The summed E-state index contributed by atoms with van der Waals surface area (Å²) in [7, 11) is 1.55. The van der Waals surface area contributed by atoms with Gasteiger partial charge in [-0.2, -0.15) is 0 Å². The lowest BCUT2D eigenvalue weighted by Crippen LogP contribution is -2.38. The number of methoxy groups -OCH3 is 1. The van der Waals surface area contributed by atoms with Crippen molar-refractivity contribution in [2.75, 3.05) is 18.2 Å². The number of aliphatic hydroxyl groups excluding tert-OH is 1. The molecule has 0 aliphatic heterocycles. The molecule has 2 heterocycles. The predicted octanol–water partition coefficient (Wildman–Crippen LogP) is 3.47. The number of amides is 2. The summed E-state index contributed by atoms with van der Waals surface area (Å²) >= 11 is 0. The predicted molar refractivity (Wildman–Crippen MR) is 142 cm³/mol. The van der Waals surface area contributed by atoms with E-state index >= 15 is 0 Å². The molecule has 2 atom stereocenters. The summed E-state index contributed by atoms with van der Waals surface area (Å²) in [6, 6.07) is 21.9. The van der Waals surface area contributed by atoms with Gasteiger partial charge in [0.1, 0.15) is 17.3 Å². The second-order valence-electron chi connectivity index (χ2n) is 8.61. The van der Waals surface area contributed by atoms with Gasteiger partial charge in [0, 0.05) is 28.2 Å². The second kappa shape index (κ2) is 9.63. The minimum atomic E-state index is -1.57. The molecule has 3 aromatic carbocycles. The maximum absolute atomic E-state index is 13.4. The highest BCUT2D eigenvalue weighted by atomic mass is 16.5. The number of hydrogen-bond acceptors (Lipinski definition) is 6.